The van der Waals surface area contributed by atoms with E-state index in [2.05, 4.69) is 76.2 Å². The lowest BCUT2D eigenvalue weighted by atomic mass is 9.99. The largest absolute Gasteiger partial charge is 0.298 e. The number of hydrogen-bond acceptors (Lipinski definition) is 4. The predicted octanol–water partition coefficient (Wildman–Crippen LogP) is 8.49. The van der Waals surface area contributed by atoms with Crippen LogP contribution < -0.4 is 0 Å². The second-order valence-corrected chi connectivity index (χ2v) is 10.0. The number of benzene rings is 3. The van der Waals surface area contributed by atoms with Crippen molar-refractivity contribution in [3.63, 3.8) is 0 Å². The van der Waals surface area contributed by atoms with Crippen LogP contribution in [0.1, 0.15) is 0 Å². The van der Waals surface area contributed by atoms with Crippen molar-refractivity contribution in [2.45, 2.75) is 0 Å². The van der Waals surface area contributed by atoms with E-state index in [4.69, 9.17) is 15.0 Å². The molecule has 5 nitrogen and oxygen atoms in total. The first-order chi connectivity index (χ1) is 20.3. The molecule has 5 aromatic heterocycles. The van der Waals surface area contributed by atoms with E-state index in [-0.39, 0.29) is 0 Å². The summed E-state index contributed by atoms with van der Waals surface area (Å²) in [5.74, 6) is 0. The number of rotatable bonds is 4. The Kier molecular flexibility index (Phi) is 5.38. The molecule has 8 rings (SSSR count). The van der Waals surface area contributed by atoms with Crippen molar-refractivity contribution in [2.75, 3.05) is 0 Å². The summed E-state index contributed by atoms with van der Waals surface area (Å²) >= 11 is 0. The molecule has 192 valence electrons. The van der Waals surface area contributed by atoms with E-state index < -0.39 is 0 Å². The molecule has 0 aliphatic heterocycles. The van der Waals surface area contributed by atoms with Gasteiger partial charge < -0.3 is 0 Å². The average Bonchev–Trinajstić information content (AvgIpc) is 3.45. The lowest BCUT2D eigenvalue weighted by Crippen LogP contribution is -1.92. The fourth-order valence-electron chi connectivity index (χ4n) is 5.48. The van der Waals surface area contributed by atoms with Crippen LogP contribution in [-0.2, 0) is 0 Å². The van der Waals surface area contributed by atoms with Gasteiger partial charge >= 0.3 is 0 Å². The van der Waals surface area contributed by atoms with E-state index in [0.717, 1.165) is 72.5 Å². The van der Waals surface area contributed by atoms with Crippen molar-refractivity contribution < 1.29 is 0 Å². The molecule has 0 saturated heterocycles. The van der Waals surface area contributed by atoms with Gasteiger partial charge in [-0.05, 0) is 53.6 Å². The maximum absolute atomic E-state index is 5.10. The lowest BCUT2D eigenvalue weighted by Gasteiger charge is -2.09. The van der Waals surface area contributed by atoms with Crippen LogP contribution in [0.4, 0.5) is 0 Å². The zero-order valence-corrected chi connectivity index (χ0v) is 22.0. The highest BCUT2D eigenvalue weighted by molar-refractivity contribution is 6.09. The molecule has 41 heavy (non-hydrogen) atoms. The van der Waals surface area contributed by atoms with Crippen LogP contribution in [-0.4, -0.2) is 24.3 Å². The van der Waals surface area contributed by atoms with Crippen molar-refractivity contribution in [3.8, 4) is 44.9 Å². The summed E-state index contributed by atoms with van der Waals surface area (Å²) in [6.07, 6.45) is 5.67. The molecule has 0 amide bonds. The minimum atomic E-state index is 0.914. The molecule has 0 N–H and O–H groups in total. The molecule has 0 saturated carbocycles. The Morgan fingerprint density at radius 2 is 1.20 bits per heavy atom. The van der Waals surface area contributed by atoms with Crippen LogP contribution >= 0.6 is 0 Å². The van der Waals surface area contributed by atoms with Gasteiger partial charge in [-0.3, -0.25) is 9.38 Å². The summed E-state index contributed by atoms with van der Waals surface area (Å²) in [5.41, 5.74) is 12.1. The van der Waals surface area contributed by atoms with Crippen molar-refractivity contribution in [1.82, 2.24) is 24.3 Å². The normalized spacial score (nSPS) is 11.4. The maximum atomic E-state index is 5.10. The zero-order valence-electron chi connectivity index (χ0n) is 22.0. The van der Waals surface area contributed by atoms with Crippen LogP contribution in [0.3, 0.4) is 0 Å². The van der Waals surface area contributed by atoms with Crippen molar-refractivity contribution in [2.24, 2.45) is 0 Å². The molecular weight excluding hydrogens is 502 g/mol. The van der Waals surface area contributed by atoms with Gasteiger partial charge in [0.2, 0.25) is 0 Å². The van der Waals surface area contributed by atoms with Gasteiger partial charge in [0.05, 0.1) is 28.1 Å². The van der Waals surface area contributed by atoms with Gasteiger partial charge in [-0.15, -0.1) is 0 Å². The molecule has 5 heterocycles. The van der Waals surface area contributed by atoms with Gasteiger partial charge in [0.25, 0.3) is 0 Å². The molecule has 0 unspecified atom stereocenters. The zero-order chi connectivity index (χ0) is 27.2. The third-order valence-corrected chi connectivity index (χ3v) is 7.52. The van der Waals surface area contributed by atoms with Gasteiger partial charge in [0.15, 0.2) is 0 Å². The third kappa shape index (κ3) is 4.03. The first-order valence-electron chi connectivity index (χ1n) is 13.6. The number of imidazole rings is 1. The van der Waals surface area contributed by atoms with Crippen molar-refractivity contribution >= 4 is 27.6 Å². The molecule has 0 aliphatic carbocycles. The van der Waals surface area contributed by atoms with Crippen molar-refractivity contribution in [3.05, 3.63) is 140 Å². The highest BCUT2D eigenvalue weighted by atomic mass is 15.0. The molecule has 0 radical (unpaired) electrons. The van der Waals surface area contributed by atoms with Crippen LogP contribution in [0.15, 0.2) is 140 Å². The molecule has 5 heteroatoms. The summed E-state index contributed by atoms with van der Waals surface area (Å²) in [6, 6.07) is 41.6. The minimum absolute atomic E-state index is 0.914. The minimum Gasteiger partial charge on any atom is -0.298 e. The van der Waals surface area contributed by atoms with Gasteiger partial charge in [0.1, 0.15) is 11.2 Å². The third-order valence-electron chi connectivity index (χ3n) is 7.52. The molecule has 0 fully saturated rings. The van der Waals surface area contributed by atoms with Gasteiger partial charge in [0, 0.05) is 40.7 Å². The standard InChI is InChI=1S/C36H23N5/c1-2-9-32-29(8-1)35-36(41-22-4-3-12-33(41)40-35)34(39-32)27-19-15-25(16-20-27)24-13-17-26(18-14-24)30-10-5-11-31(38-30)28-7-6-21-37-23-28/h1-23H. The van der Waals surface area contributed by atoms with Gasteiger partial charge in [-0.1, -0.05) is 78.9 Å². The first kappa shape index (κ1) is 23.2. The van der Waals surface area contributed by atoms with Gasteiger partial charge in [-0.2, -0.15) is 0 Å². The Hall–Kier alpha value is -5.68. The Labute approximate surface area is 236 Å². The Morgan fingerprint density at radius 3 is 1.98 bits per heavy atom. The summed E-state index contributed by atoms with van der Waals surface area (Å²) in [5, 5.41) is 1.06. The van der Waals surface area contributed by atoms with Crippen LogP contribution in [0.25, 0.3) is 72.5 Å². The summed E-state index contributed by atoms with van der Waals surface area (Å²) < 4.78 is 2.13. The topological polar surface area (TPSA) is 56.0 Å². The SMILES string of the molecule is c1cncc(-c2cccc(-c3ccc(-c4ccc(-c5nc6ccccc6c6nc7ccccn7c56)cc4)cc3)n2)c1. The van der Waals surface area contributed by atoms with Crippen LogP contribution in [0.5, 0.6) is 0 Å². The Bertz CT molecular complexity index is 2180. The number of fused-ring (bicyclic) bond motifs is 5. The quantitative estimate of drug-likeness (QED) is 0.231. The predicted molar refractivity (Wildman–Crippen MR) is 165 cm³/mol. The summed E-state index contributed by atoms with van der Waals surface area (Å²) in [4.78, 5) is 19.2. The van der Waals surface area contributed by atoms with Crippen LogP contribution in [0, 0.1) is 0 Å². The van der Waals surface area contributed by atoms with E-state index in [1.165, 1.54) is 0 Å². The number of aromatic nitrogens is 5. The monoisotopic (exact) mass is 525 g/mol. The summed E-state index contributed by atoms with van der Waals surface area (Å²) in [6.45, 7) is 0. The first-order valence-corrected chi connectivity index (χ1v) is 13.6. The second kappa shape index (κ2) is 9.50. The molecular formula is C36H23N5. The molecule has 8 aromatic rings. The molecule has 0 atom stereocenters. The van der Waals surface area contributed by atoms with E-state index >= 15 is 0 Å². The highest BCUT2D eigenvalue weighted by Gasteiger charge is 2.16. The fourth-order valence-corrected chi connectivity index (χ4v) is 5.48. The highest BCUT2D eigenvalue weighted by Crippen LogP contribution is 2.34. The summed E-state index contributed by atoms with van der Waals surface area (Å²) in [7, 11) is 0. The molecule has 0 spiro atoms. The fraction of sp³-hybridized carbons (Fsp3) is 0. The molecule has 0 bridgehead atoms. The average molecular weight is 526 g/mol. The smallest absolute Gasteiger partial charge is 0.137 e. The number of nitrogens with zero attached hydrogens (tertiary/aromatic N) is 5. The van der Waals surface area contributed by atoms with E-state index in [0.29, 0.717) is 0 Å². The van der Waals surface area contributed by atoms with Crippen LogP contribution in [0.2, 0.25) is 0 Å². The second-order valence-electron chi connectivity index (χ2n) is 10.0. The molecule has 3 aromatic carbocycles. The van der Waals surface area contributed by atoms with E-state index in [1.807, 2.05) is 66.9 Å². The van der Waals surface area contributed by atoms with Crippen molar-refractivity contribution in [1.29, 1.82) is 0 Å². The molecule has 0 aliphatic rings. The number of pyridine rings is 4. The Balaban J connectivity index is 1.15. The maximum Gasteiger partial charge on any atom is 0.137 e. The number of para-hydroxylation sites is 1. The number of hydrogen-bond donors (Lipinski definition) is 0. The van der Waals surface area contributed by atoms with E-state index in [1.54, 1.807) is 6.20 Å². The lowest BCUT2D eigenvalue weighted by molar-refractivity contribution is 1.22. The Morgan fingerprint density at radius 1 is 0.488 bits per heavy atom. The van der Waals surface area contributed by atoms with E-state index in [9.17, 15) is 0 Å². The van der Waals surface area contributed by atoms with Gasteiger partial charge in [-0.25, -0.2) is 15.0 Å².